The molecule has 2 N–H and O–H groups in total. The van der Waals surface area contributed by atoms with E-state index in [1.807, 2.05) is 42.2 Å². The van der Waals surface area contributed by atoms with E-state index in [1.165, 1.54) is 0 Å². The number of hydrogen-bond donors (Lipinski definition) is 1. The lowest BCUT2D eigenvalue weighted by molar-refractivity contribution is -0.143. The van der Waals surface area contributed by atoms with Crippen LogP contribution in [0, 0.1) is 5.41 Å². The highest BCUT2D eigenvalue weighted by molar-refractivity contribution is 5.83. The molecule has 1 aliphatic rings. The summed E-state index contributed by atoms with van der Waals surface area (Å²) in [6.07, 6.45) is 0. The van der Waals surface area contributed by atoms with Crippen LogP contribution in [0.15, 0.2) is 30.3 Å². The smallest absolute Gasteiger partial charge is 0.232 e. The van der Waals surface area contributed by atoms with Gasteiger partial charge in [-0.25, -0.2) is 0 Å². The summed E-state index contributed by atoms with van der Waals surface area (Å²) < 4.78 is 10.5. The van der Waals surface area contributed by atoms with Gasteiger partial charge in [0.1, 0.15) is 0 Å². The van der Waals surface area contributed by atoms with Crippen LogP contribution in [0.2, 0.25) is 0 Å². The maximum absolute atomic E-state index is 12.9. The molecule has 1 saturated heterocycles. The van der Waals surface area contributed by atoms with Crippen molar-refractivity contribution in [2.75, 3.05) is 33.5 Å². The number of methoxy groups -OCH3 is 1. The summed E-state index contributed by atoms with van der Waals surface area (Å²) in [5.74, 6) is 0.0356. The summed E-state index contributed by atoms with van der Waals surface area (Å²) in [6.45, 7) is 4.32. The largest absolute Gasteiger partial charge is 0.383 e. The van der Waals surface area contributed by atoms with E-state index in [-0.39, 0.29) is 11.9 Å². The van der Waals surface area contributed by atoms with E-state index in [9.17, 15) is 4.79 Å². The van der Waals surface area contributed by atoms with Gasteiger partial charge in [-0.2, -0.15) is 0 Å². The molecule has 21 heavy (non-hydrogen) atoms. The number of carbonyl (C=O) groups excluding carboxylic acids is 1. The highest BCUT2D eigenvalue weighted by Gasteiger charge is 2.46. The van der Waals surface area contributed by atoms with Crippen LogP contribution in [0.4, 0.5) is 0 Å². The minimum absolute atomic E-state index is 0.0356. The number of hydrogen-bond acceptors (Lipinski definition) is 4. The molecule has 5 heteroatoms. The molecule has 1 amide bonds. The molecule has 0 aliphatic carbocycles. The van der Waals surface area contributed by atoms with Crippen molar-refractivity contribution < 1.29 is 14.3 Å². The zero-order valence-corrected chi connectivity index (χ0v) is 12.7. The highest BCUT2D eigenvalue weighted by Crippen LogP contribution is 2.30. The fourth-order valence-electron chi connectivity index (χ4n) is 2.53. The first-order chi connectivity index (χ1) is 10.1. The molecule has 1 heterocycles. The Labute approximate surface area is 126 Å². The first kappa shape index (κ1) is 15.9. The molecule has 1 fully saturated rings. The molecule has 1 aliphatic heterocycles. The van der Waals surface area contributed by atoms with Crippen molar-refractivity contribution in [2.24, 2.45) is 11.1 Å². The summed E-state index contributed by atoms with van der Waals surface area (Å²) in [5.41, 5.74) is 6.52. The van der Waals surface area contributed by atoms with E-state index in [2.05, 4.69) is 0 Å². The van der Waals surface area contributed by atoms with Crippen LogP contribution in [0.1, 0.15) is 12.5 Å². The van der Waals surface area contributed by atoms with Gasteiger partial charge in [-0.15, -0.1) is 0 Å². The molecule has 0 spiro atoms. The van der Waals surface area contributed by atoms with Crippen molar-refractivity contribution in [3.63, 3.8) is 0 Å². The lowest BCUT2D eigenvalue weighted by atomic mass is 9.84. The van der Waals surface area contributed by atoms with Gasteiger partial charge < -0.3 is 20.1 Å². The van der Waals surface area contributed by atoms with E-state index in [1.54, 1.807) is 7.11 Å². The van der Waals surface area contributed by atoms with E-state index >= 15 is 0 Å². The van der Waals surface area contributed by atoms with Crippen molar-refractivity contribution in [1.29, 1.82) is 0 Å². The van der Waals surface area contributed by atoms with Gasteiger partial charge >= 0.3 is 0 Å². The monoisotopic (exact) mass is 292 g/mol. The standard InChI is InChI=1S/C16H24N2O3/c1-16(12-21-11-14(16)17)15(19)18(8-9-20-2)10-13-6-4-3-5-7-13/h3-7,14H,8-12,17H2,1-2H3. The predicted molar refractivity (Wildman–Crippen MR) is 80.6 cm³/mol. The van der Waals surface area contributed by atoms with E-state index < -0.39 is 5.41 Å². The lowest BCUT2D eigenvalue weighted by Gasteiger charge is -2.33. The number of amides is 1. The van der Waals surface area contributed by atoms with Gasteiger partial charge in [-0.3, -0.25) is 4.79 Å². The van der Waals surface area contributed by atoms with Crippen LogP contribution in [-0.4, -0.2) is 50.3 Å². The van der Waals surface area contributed by atoms with Crippen molar-refractivity contribution in [2.45, 2.75) is 19.5 Å². The minimum Gasteiger partial charge on any atom is -0.383 e. The Balaban J connectivity index is 2.13. The number of carbonyl (C=O) groups is 1. The third-order valence-electron chi connectivity index (χ3n) is 4.08. The highest BCUT2D eigenvalue weighted by atomic mass is 16.5. The second-order valence-electron chi connectivity index (χ2n) is 5.74. The second kappa shape index (κ2) is 7.02. The molecule has 0 aromatic heterocycles. The van der Waals surface area contributed by atoms with Crippen molar-refractivity contribution in [3.05, 3.63) is 35.9 Å². The first-order valence-corrected chi connectivity index (χ1v) is 7.23. The maximum atomic E-state index is 12.9. The number of rotatable bonds is 6. The Bertz CT molecular complexity index is 466. The number of nitrogens with two attached hydrogens (primary N) is 1. The fraction of sp³-hybridized carbons (Fsp3) is 0.562. The minimum atomic E-state index is -0.650. The topological polar surface area (TPSA) is 64.8 Å². The molecule has 116 valence electrons. The van der Waals surface area contributed by atoms with Crippen LogP contribution < -0.4 is 5.73 Å². The van der Waals surface area contributed by atoms with E-state index in [4.69, 9.17) is 15.2 Å². The van der Waals surface area contributed by atoms with Crippen LogP contribution in [0.25, 0.3) is 0 Å². The van der Waals surface area contributed by atoms with Gasteiger partial charge in [-0.1, -0.05) is 30.3 Å². The molecule has 1 aromatic rings. The van der Waals surface area contributed by atoms with E-state index in [0.717, 1.165) is 5.56 Å². The van der Waals surface area contributed by atoms with Gasteiger partial charge in [0.05, 0.1) is 25.2 Å². The summed E-state index contributed by atoms with van der Waals surface area (Å²) in [4.78, 5) is 14.7. The normalized spacial score (nSPS) is 25.0. The van der Waals surface area contributed by atoms with Crippen molar-refractivity contribution >= 4 is 5.91 Å². The third kappa shape index (κ3) is 3.61. The number of ether oxygens (including phenoxy) is 2. The Morgan fingerprint density at radius 1 is 1.48 bits per heavy atom. The second-order valence-corrected chi connectivity index (χ2v) is 5.74. The summed E-state index contributed by atoms with van der Waals surface area (Å²) in [6, 6.07) is 9.68. The predicted octanol–water partition coefficient (Wildman–Crippen LogP) is 1.03. The van der Waals surface area contributed by atoms with Gasteiger partial charge in [0.2, 0.25) is 5.91 Å². The Hall–Kier alpha value is -1.43. The molecule has 2 atom stereocenters. The van der Waals surface area contributed by atoms with Crippen molar-refractivity contribution in [3.8, 4) is 0 Å². The van der Waals surface area contributed by atoms with Crippen LogP contribution in [0.5, 0.6) is 0 Å². The lowest BCUT2D eigenvalue weighted by Crippen LogP contribution is -2.51. The zero-order chi connectivity index (χ0) is 15.3. The van der Waals surface area contributed by atoms with Gasteiger partial charge in [-0.05, 0) is 12.5 Å². The molecule has 2 unspecified atom stereocenters. The molecule has 1 aromatic carbocycles. The molecule has 5 nitrogen and oxygen atoms in total. The summed E-state index contributed by atoms with van der Waals surface area (Å²) >= 11 is 0. The zero-order valence-electron chi connectivity index (χ0n) is 12.7. The van der Waals surface area contributed by atoms with Gasteiger partial charge in [0.25, 0.3) is 0 Å². The molecule has 0 saturated carbocycles. The van der Waals surface area contributed by atoms with Gasteiger partial charge in [0.15, 0.2) is 0 Å². The Morgan fingerprint density at radius 3 is 2.76 bits per heavy atom. The summed E-state index contributed by atoms with van der Waals surface area (Å²) in [7, 11) is 1.64. The molecule has 2 rings (SSSR count). The third-order valence-corrected chi connectivity index (χ3v) is 4.08. The Kier molecular flexibility index (Phi) is 5.33. The average Bonchev–Trinajstić information content (AvgIpc) is 2.84. The molecular weight excluding hydrogens is 268 g/mol. The van der Waals surface area contributed by atoms with Crippen LogP contribution in [0.3, 0.4) is 0 Å². The molecular formula is C16H24N2O3. The number of benzene rings is 1. The molecule has 0 radical (unpaired) electrons. The van der Waals surface area contributed by atoms with Crippen LogP contribution >= 0.6 is 0 Å². The maximum Gasteiger partial charge on any atom is 0.232 e. The van der Waals surface area contributed by atoms with Crippen molar-refractivity contribution in [1.82, 2.24) is 4.90 Å². The van der Waals surface area contributed by atoms with Gasteiger partial charge in [0, 0.05) is 26.2 Å². The molecule has 0 bridgehead atoms. The Morgan fingerprint density at radius 2 is 2.19 bits per heavy atom. The van der Waals surface area contributed by atoms with Crippen LogP contribution in [-0.2, 0) is 20.8 Å². The fourth-order valence-corrected chi connectivity index (χ4v) is 2.53. The number of nitrogens with zero attached hydrogens (tertiary/aromatic N) is 1. The summed E-state index contributed by atoms with van der Waals surface area (Å²) in [5, 5.41) is 0. The first-order valence-electron chi connectivity index (χ1n) is 7.23. The van der Waals surface area contributed by atoms with E-state index in [0.29, 0.717) is 32.9 Å². The quantitative estimate of drug-likeness (QED) is 0.850. The average molecular weight is 292 g/mol. The SMILES string of the molecule is COCCN(Cc1ccccc1)C(=O)C1(C)COCC1N.